The van der Waals surface area contributed by atoms with Crippen LogP contribution in [0, 0.1) is 12.8 Å². The summed E-state index contributed by atoms with van der Waals surface area (Å²) in [5.41, 5.74) is 0. The van der Waals surface area contributed by atoms with Crippen LogP contribution in [-0.2, 0) is 23.8 Å². The third-order valence-corrected chi connectivity index (χ3v) is 2.27. The number of terminal acetylenes is 1. The summed E-state index contributed by atoms with van der Waals surface area (Å²) >= 11 is 0. The fourth-order valence-corrected chi connectivity index (χ4v) is 1.71. The van der Waals surface area contributed by atoms with E-state index in [0.29, 0.717) is 12.8 Å². The highest BCUT2D eigenvalue weighted by molar-refractivity contribution is 5.74. The largest absolute Gasteiger partial charge is 0.467 e. The van der Waals surface area contributed by atoms with Gasteiger partial charge in [-0.1, -0.05) is 27.7 Å². The van der Waals surface area contributed by atoms with Crippen LogP contribution in [0.1, 0.15) is 54.4 Å². The van der Waals surface area contributed by atoms with Crippen molar-refractivity contribution in [2.45, 2.75) is 72.7 Å². The van der Waals surface area contributed by atoms with E-state index in [4.69, 9.17) is 9.47 Å². The Morgan fingerprint density at radius 3 is 1.95 bits per heavy atom. The van der Waals surface area contributed by atoms with Gasteiger partial charge < -0.3 is 14.2 Å². The van der Waals surface area contributed by atoms with Crippen molar-refractivity contribution in [3.05, 3.63) is 0 Å². The zero-order chi connectivity index (χ0) is 17.4. The van der Waals surface area contributed by atoms with Crippen LogP contribution in [0.4, 0.5) is 0 Å². The molecule has 0 bridgehead atoms. The van der Waals surface area contributed by atoms with E-state index in [9.17, 15) is 9.59 Å². The van der Waals surface area contributed by atoms with Gasteiger partial charge in [-0.25, -0.2) is 4.79 Å². The van der Waals surface area contributed by atoms with Gasteiger partial charge in [-0.3, -0.25) is 4.79 Å². The zero-order valence-electron chi connectivity index (χ0n) is 14.3. The first-order valence-corrected chi connectivity index (χ1v) is 7.26. The molecule has 0 N–H and O–H groups in total. The van der Waals surface area contributed by atoms with Crippen molar-refractivity contribution in [2.24, 2.45) is 0 Å². The van der Waals surface area contributed by atoms with Crippen molar-refractivity contribution < 1.29 is 23.8 Å². The average Bonchev–Trinajstić information content (AvgIpc) is 2.51. The minimum atomic E-state index is -0.622. The van der Waals surface area contributed by atoms with Crippen molar-refractivity contribution in [2.75, 3.05) is 7.11 Å². The predicted octanol–water partition coefficient (Wildman–Crippen LogP) is 2.96. The second kappa shape index (κ2) is 16.5. The maximum absolute atomic E-state index is 11.3. The number of carbonyl (C=O) groups excluding carboxylic acids is 2. The van der Waals surface area contributed by atoms with Crippen molar-refractivity contribution in [3.63, 3.8) is 0 Å². The minimum absolute atomic E-state index is 0.104. The van der Waals surface area contributed by atoms with E-state index in [1.807, 2.05) is 34.6 Å². The maximum atomic E-state index is 11.3. The fraction of sp³-hybridized carbons (Fsp3) is 0.750. The Bertz CT molecular complexity index is 286. The van der Waals surface area contributed by atoms with E-state index in [1.165, 1.54) is 14.0 Å². The Morgan fingerprint density at radius 1 is 1.10 bits per heavy atom. The van der Waals surface area contributed by atoms with E-state index in [1.54, 1.807) is 0 Å². The molecule has 1 aliphatic heterocycles. The monoisotopic (exact) mass is 302 g/mol. The standard InChI is InChI=1S/C10H16O5.2C2H6.C2H2/c1-6-4-8(15-7(2)11)5-9(14-6)10(12)13-3;3*1-2/h6,8-9H,4-5H2,1-3H3;2*1-2H3;1-2H/t6-,8+,9-;;;/m0.../s1. The molecule has 0 aromatic rings. The molecule has 1 aliphatic rings. The predicted molar refractivity (Wildman–Crippen MR) is 83.7 cm³/mol. The zero-order valence-corrected chi connectivity index (χ0v) is 14.3. The van der Waals surface area contributed by atoms with E-state index in [0.717, 1.165) is 0 Å². The van der Waals surface area contributed by atoms with Gasteiger partial charge >= 0.3 is 11.9 Å². The van der Waals surface area contributed by atoms with Crippen molar-refractivity contribution >= 4 is 11.9 Å². The summed E-state index contributed by atoms with van der Waals surface area (Å²) in [6.45, 7) is 11.2. The average molecular weight is 302 g/mol. The van der Waals surface area contributed by atoms with Gasteiger partial charge in [0.15, 0.2) is 6.10 Å². The van der Waals surface area contributed by atoms with E-state index in [-0.39, 0.29) is 18.2 Å². The van der Waals surface area contributed by atoms with E-state index < -0.39 is 12.1 Å². The highest BCUT2D eigenvalue weighted by Crippen LogP contribution is 2.22. The van der Waals surface area contributed by atoms with Gasteiger partial charge in [0.05, 0.1) is 13.2 Å². The summed E-state index contributed by atoms with van der Waals surface area (Å²) in [6, 6.07) is 0. The third kappa shape index (κ3) is 11.9. The Balaban J connectivity index is -0.000000478. The normalized spacial score (nSPS) is 22.6. The van der Waals surface area contributed by atoms with Crippen LogP contribution in [0.5, 0.6) is 0 Å². The Morgan fingerprint density at radius 2 is 1.57 bits per heavy atom. The summed E-state index contributed by atoms with van der Waals surface area (Å²) < 4.78 is 15.0. The maximum Gasteiger partial charge on any atom is 0.335 e. The third-order valence-electron chi connectivity index (χ3n) is 2.27. The molecule has 0 aliphatic carbocycles. The molecule has 5 nitrogen and oxygen atoms in total. The molecular formula is C16H30O5. The molecule has 0 aromatic heterocycles. The molecular weight excluding hydrogens is 272 g/mol. The van der Waals surface area contributed by atoms with Gasteiger partial charge in [0.2, 0.25) is 0 Å². The lowest BCUT2D eigenvalue weighted by molar-refractivity contribution is -0.176. The second-order valence-electron chi connectivity index (χ2n) is 3.66. The molecule has 0 aromatic carbocycles. The molecule has 0 radical (unpaired) electrons. The molecule has 1 fully saturated rings. The van der Waals surface area contributed by atoms with Gasteiger partial charge in [-0.05, 0) is 6.92 Å². The Kier molecular flexibility index (Phi) is 19.2. The highest BCUT2D eigenvalue weighted by atomic mass is 16.6. The Hall–Kier alpha value is -1.54. The van der Waals surface area contributed by atoms with E-state index >= 15 is 0 Å². The number of ether oxygens (including phenoxy) is 3. The number of rotatable bonds is 2. The topological polar surface area (TPSA) is 61.8 Å². The molecule has 124 valence electrons. The summed E-state index contributed by atoms with van der Waals surface area (Å²) in [5, 5.41) is 0. The highest BCUT2D eigenvalue weighted by Gasteiger charge is 2.33. The number of carbonyl (C=O) groups is 2. The number of esters is 2. The van der Waals surface area contributed by atoms with Gasteiger partial charge in [0, 0.05) is 19.8 Å². The molecule has 21 heavy (non-hydrogen) atoms. The molecule has 1 saturated heterocycles. The van der Waals surface area contributed by atoms with Crippen LogP contribution >= 0.6 is 0 Å². The lowest BCUT2D eigenvalue weighted by Gasteiger charge is -2.31. The first-order valence-electron chi connectivity index (χ1n) is 7.26. The molecule has 0 saturated carbocycles. The van der Waals surface area contributed by atoms with Gasteiger partial charge in [-0.2, -0.15) is 0 Å². The smallest absolute Gasteiger partial charge is 0.335 e. The van der Waals surface area contributed by atoms with Crippen LogP contribution in [0.2, 0.25) is 0 Å². The molecule has 5 heteroatoms. The van der Waals surface area contributed by atoms with Crippen LogP contribution in [0.3, 0.4) is 0 Å². The minimum Gasteiger partial charge on any atom is -0.467 e. The van der Waals surface area contributed by atoms with Crippen LogP contribution in [0.15, 0.2) is 0 Å². The van der Waals surface area contributed by atoms with Crippen LogP contribution < -0.4 is 0 Å². The summed E-state index contributed by atoms with van der Waals surface area (Å²) in [4.78, 5) is 22.0. The van der Waals surface area contributed by atoms with Gasteiger partial charge in [0.25, 0.3) is 0 Å². The lowest BCUT2D eigenvalue weighted by atomic mass is 10.0. The molecule has 1 heterocycles. The summed E-state index contributed by atoms with van der Waals surface area (Å²) in [5.74, 6) is -0.753. The van der Waals surface area contributed by atoms with Crippen molar-refractivity contribution in [1.82, 2.24) is 0 Å². The lowest BCUT2D eigenvalue weighted by Crippen LogP contribution is -2.41. The molecule has 3 atom stereocenters. The molecule has 0 unspecified atom stereocenters. The Labute approximate surface area is 129 Å². The molecule has 0 amide bonds. The van der Waals surface area contributed by atoms with Gasteiger partial charge in [-0.15, -0.1) is 12.8 Å². The second-order valence-corrected chi connectivity index (χ2v) is 3.66. The van der Waals surface area contributed by atoms with Gasteiger partial charge in [0.1, 0.15) is 6.10 Å². The summed E-state index contributed by atoms with van der Waals surface area (Å²) in [6.07, 6.45) is 8.01. The van der Waals surface area contributed by atoms with Crippen LogP contribution in [0.25, 0.3) is 0 Å². The first kappa shape index (κ1) is 24.5. The van der Waals surface area contributed by atoms with Crippen molar-refractivity contribution in [1.29, 1.82) is 0 Å². The number of hydrogen-bond donors (Lipinski definition) is 0. The molecule has 0 spiro atoms. The number of methoxy groups -OCH3 is 1. The summed E-state index contributed by atoms with van der Waals surface area (Å²) in [7, 11) is 1.31. The fourth-order valence-electron chi connectivity index (χ4n) is 1.71. The van der Waals surface area contributed by atoms with Crippen LogP contribution in [-0.4, -0.2) is 37.4 Å². The molecule has 1 rings (SSSR count). The first-order chi connectivity index (χ1) is 10.0. The SMILES string of the molecule is C#C.CC.CC.COC(=O)[C@@H]1C[C@H](OC(C)=O)C[C@H](C)O1. The number of hydrogen-bond acceptors (Lipinski definition) is 5. The van der Waals surface area contributed by atoms with Crippen molar-refractivity contribution in [3.8, 4) is 12.8 Å². The quantitative estimate of drug-likeness (QED) is 0.579. The van der Waals surface area contributed by atoms with E-state index in [2.05, 4.69) is 17.6 Å².